The minimum Gasteiger partial charge on any atom is -0.368 e. The molecule has 0 aromatic heterocycles. The van der Waals surface area contributed by atoms with Crippen LogP contribution in [0.15, 0.2) is 97.6 Å². The number of anilines is 1. The molecule has 1 aliphatic heterocycles. The average Bonchev–Trinajstić information content (AvgIpc) is 3.01. The van der Waals surface area contributed by atoms with E-state index >= 15 is 0 Å². The van der Waals surface area contributed by atoms with Crippen LogP contribution >= 0.6 is 0 Å². The molecule has 0 N–H and O–H groups in total. The van der Waals surface area contributed by atoms with Crippen LogP contribution in [0.2, 0.25) is 0 Å². The summed E-state index contributed by atoms with van der Waals surface area (Å²) in [6, 6.07) is 30.4. The third kappa shape index (κ3) is 6.80. The Labute approximate surface area is 234 Å². The van der Waals surface area contributed by atoms with Crippen LogP contribution in [0, 0.1) is 0 Å². The molecule has 1 aliphatic carbocycles. The maximum Gasteiger partial charge on any atom is 0.256 e. The van der Waals surface area contributed by atoms with Gasteiger partial charge in [0.2, 0.25) is 0 Å². The van der Waals surface area contributed by atoms with Crippen molar-refractivity contribution in [3.05, 3.63) is 114 Å². The van der Waals surface area contributed by atoms with E-state index in [-0.39, 0.29) is 5.91 Å². The Hall–Kier alpha value is -3.37. The lowest BCUT2D eigenvalue weighted by atomic mass is 9.88. The number of hydrogen-bond acceptors (Lipinski definition) is 3. The van der Waals surface area contributed by atoms with Gasteiger partial charge in [-0.2, -0.15) is 0 Å². The van der Waals surface area contributed by atoms with Crippen molar-refractivity contribution in [2.24, 2.45) is 0 Å². The fourth-order valence-corrected chi connectivity index (χ4v) is 6.44. The van der Waals surface area contributed by atoms with Crippen molar-refractivity contribution in [1.29, 1.82) is 0 Å². The molecule has 0 unspecified atom stereocenters. The summed E-state index contributed by atoms with van der Waals surface area (Å²) >= 11 is 0. The highest BCUT2D eigenvalue weighted by Crippen LogP contribution is 2.30. The Bertz CT molecular complexity index is 1140. The normalized spacial score (nSPS) is 16.8. The quantitative estimate of drug-likeness (QED) is 0.269. The topological polar surface area (TPSA) is 26.8 Å². The lowest BCUT2D eigenvalue weighted by molar-refractivity contribution is 0.0663. The predicted molar refractivity (Wildman–Crippen MR) is 163 cm³/mol. The maximum atomic E-state index is 13.8. The Morgan fingerprint density at radius 2 is 1.41 bits per heavy atom. The minimum atomic E-state index is 0.161. The maximum absolute atomic E-state index is 13.8. The zero-order valence-corrected chi connectivity index (χ0v) is 23.3. The van der Waals surface area contributed by atoms with E-state index in [4.69, 9.17) is 0 Å². The molecule has 4 nitrogen and oxygen atoms in total. The second kappa shape index (κ2) is 13.6. The van der Waals surface area contributed by atoms with Gasteiger partial charge >= 0.3 is 0 Å². The number of rotatable bonds is 10. The number of carbonyl (C=O) groups is 1. The molecule has 0 atom stereocenters. The lowest BCUT2D eigenvalue weighted by Gasteiger charge is -2.38. The Balaban J connectivity index is 1.23. The van der Waals surface area contributed by atoms with E-state index in [0.29, 0.717) is 18.5 Å². The van der Waals surface area contributed by atoms with E-state index in [1.165, 1.54) is 30.4 Å². The van der Waals surface area contributed by atoms with Crippen LogP contribution in [0.4, 0.5) is 5.69 Å². The second-order valence-corrected chi connectivity index (χ2v) is 11.0. The van der Waals surface area contributed by atoms with Crippen LogP contribution in [0.25, 0.3) is 0 Å². The summed E-state index contributed by atoms with van der Waals surface area (Å²) in [5.74, 6) is 0.563. The molecule has 0 spiro atoms. The summed E-state index contributed by atoms with van der Waals surface area (Å²) in [7, 11) is 0. The minimum absolute atomic E-state index is 0.161. The van der Waals surface area contributed by atoms with Crippen LogP contribution in [0.1, 0.15) is 65.9 Å². The molecule has 3 aromatic carbocycles. The van der Waals surface area contributed by atoms with Gasteiger partial charge in [0.05, 0.1) is 5.56 Å². The number of benzene rings is 3. The number of nitrogens with zero attached hydrogens (tertiary/aromatic N) is 3. The first-order valence-electron chi connectivity index (χ1n) is 14.8. The molecule has 2 aliphatic rings. The monoisotopic (exact) mass is 521 g/mol. The number of piperazine rings is 1. The third-order valence-corrected chi connectivity index (χ3v) is 8.59. The second-order valence-electron chi connectivity index (χ2n) is 11.0. The molecule has 1 amide bonds. The van der Waals surface area contributed by atoms with Gasteiger partial charge in [-0.3, -0.25) is 9.69 Å². The summed E-state index contributed by atoms with van der Waals surface area (Å²) in [5.41, 5.74) is 4.69. The Morgan fingerprint density at radius 1 is 0.821 bits per heavy atom. The summed E-state index contributed by atoms with van der Waals surface area (Å²) in [4.78, 5) is 20.9. The smallest absolute Gasteiger partial charge is 0.256 e. The molecule has 1 saturated carbocycles. The predicted octanol–water partition coefficient (Wildman–Crippen LogP) is 6.99. The molecule has 5 rings (SSSR count). The molecule has 1 saturated heterocycles. The van der Waals surface area contributed by atoms with Crippen LogP contribution in [0.5, 0.6) is 0 Å². The first-order chi connectivity index (χ1) is 19.2. The number of para-hydroxylation sites is 1. The van der Waals surface area contributed by atoms with Crippen LogP contribution < -0.4 is 4.90 Å². The SMILES string of the molecule is C=CCN(C(=O)c1ccccc1N1CCN(CCC(c2ccccc2)c2ccccc2)CC1)C1CCCCC1. The van der Waals surface area contributed by atoms with Gasteiger partial charge in [0.1, 0.15) is 0 Å². The van der Waals surface area contributed by atoms with E-state index in [9.17, 15) is 4.79 Å². The van der Waals surface area contributed by atoms with Crippen molar-refractivity contribution in [3.63, 3.8) is 0 Å². The third-order valence-electron chi connectivity index (χ3n) is 8.59. The Morgan fingerprint density at radius 3 is 2.03 bits per heavy atom. The average molecular weight is 522 g/mol. The molecule has 0 radical (unpaired) electrons. The van der Waals surface area contributed by atoms with Gasteiger partial charge < -0.3 is 9.80 Å². The summed E-state index contributed by atoms with van der Waals surface area (Å²) < 4.78 is 0. The highest BCUT2D eigenvalue weighted by Gasteiger charge is 2.29. The first kappa shape index (κ1) is 27.2. The number of carbonyl (C=O) groups excluding carboxylic acids is 1. The molecular formula is C35H43N3O. The molecule has 4 heteroatoms. The van der Waals surface area contributed by atoms with Gasteiger partial charge in [-0.15, -0.1) is 6.58 Å². The van der Waals surface area contributed by atoms with Crippen molar-refractivity contribution in [2.75, 3.05) is 44.2 Å². The van der Waals surface area contributed by atoms with Crippen LogP contribution in [-0.4, -0.2) is 61.0 Å². The number of amides is 1. The van der Waals surface area contributed by atoms with Crippen LogP contribution in [0.3, 0.4) is 0 Å². The van der Waals surface area contributed by atoms with Gasteiger partial charge in [-0.25, -0.2) is 0 Å². The lowest BCUT2D eigenvalue weighted by Crippen LogP contribution is -2.48. The van der Waals surface area contributed by atoms with E-state index in [1.54, 1.807) is 0 Å². The summed E-state index contributed by atoms with van der Waals surface area (Å²) in [6.07, 6.45) is 8.90. The van der Waals surface area contributed by atoms with Gasteiger partial charge in [0.25, 0.3) is 5.91 Å². The fraction of sp³-hybridized carbons (Fsp3) is 0.400. The first-order valence-corrected chi connectivity index (χ1v) is 14.8. The van der Waals surface area contributed by atoms with Crippen molar-refractivity contribution < 1.29 is 4.79 Å². The van der Waals surface area contributed by atoms with Crippen molar-refractivity contribution in [1.82, 2.24) is 9.80 Å². The van der Waals surface area contributed by atoms with Crippen molar-refractivity contribution in [2.45, 2.75) is 50.5 Å². The summed E-state index contributed by atoms with van der Waals surface area (Å²) in [5, 5.41) is 0. The molecule has 39 heavy (non-hydrogen) atoms. The molecule has 0 bridgehead atoms. The van der Waals surface area contributed by atoms with E-state index < -0.39 is 0 Å². The molecule has 1 heterocycles. The van der Waals surface area contributed by atoms with Crippen LogP contribution in [-0.2, 0) is 0 Å². The van der Waals surface area contributed by atoms with Gasteiger partial charge in [-0.1, -0.05) is 98.1 Å². The number of hydrogen-bond donors (Lipinski definition) is 0. The standard InChI is InChI=1S/C35H43N3O/c1-2-23-38(31-18-10-5-11-19-31)35(39)33-20-12-13-21-34(33)37-27-25-36(26-28-37)24-22-32(29-14-6-3-7-15-29)30-16-8-4-9-17-30/h2-4,6-9,12-17,20-21,31-32H,1,5,10-11,18-19,22-28H2. The van der Waals surface area contributed by atoms with E-state index in [2.05, 4.69) is 94.1 Å². The molecule has 204 valence electrons. The van der Waals surface area contributed by atoms with Gasteiger partial charge in [0.15, 0.2) is 0 Å². The van der Waals surface area contributed by atoms with Gasteiger partial charge in [-0.05, 0) is 49.1 Å². The molecular weight excluding hydrogens is 478 g/mol. The fourth-order valence-electron chi connectivity index (χ4n) is 6.44. The van der Waals surface area contributed by atoms with Gasteiger partial charge in [0, 0.05) is 50.4 Å². The zero-order chi connectivity index (χ0) is 26.9. The van der Waals surface area contributed by atoms with E-state index in [1.807, 2.05) is 18.2 Å². The Kier molecular flexibility index (Phi) is 9.50. The molecule has 2 fully saturated rings. The highest BCUT2D eigenvalue weighted by atomic mass is 16.2. The largest absolute Gasteiger partial charge is 0.368 e. The zero-order valence-electron chi connectivity index (χ0n) is 23.3. The molecule has 3 aromatic rings. The van der Waals surface area contributed by atoms with Crippen molar-refractivity contribution >= 4 is 11.6 Å². The highest BCUT2D eigenvalue weighted by molar-refractivity contribution is 6.00. The van der Waals surface area contributed by atoms with E-state index in [0.717, 1.165) is 63.2 Å². The van der Waals surface area contributed by atoms with Crippen molar-refractivity contribution in [3.8, 4) is 0 Å². The summed E-state index contributed by atoms with van der Waals surface area (Å²) in [6.45, 7) is 9.54.